The molecular formula is C19H19Cl2N9S2. The van der Waals surface area contributed by atoms with E-state index in [1.165, 1.54) is 23.5 Å². The summed E-state index contributed by atoms with van der Waals surface area (Å²) in [6.45, 7) is 2.03. The molecule has 0 unspecified atom stereocenters. The van der Waals surface area contributed by atoms with Crippen LogP contribution in [0.2, 0.25) is 10.0 Å². The van der Waals surface area contributed by atoms with Crippen LogP contribution in [0.3, 0.4) is 0 Å². The zero-order chi connectivity index (χ0) is 22.2. The molecule has 166 valence electrons. The Morgan fingerprint density at radius 3 is 2.47 bits per heavy atom. The first-order valence-corrected chi connectivity index (χ1v) is 12.7. The van der Waals surface area contributed by atoms with Crippen molar-refractivity contribution in [1.82, 2.24) is 44.6 Å². The van der Waals surface area contributed by atoms with Crippen molar-refractivity contribution in [3.8, 4) is 5.82 Å². The number of fused-ring (bicyclic) bond motifs is 1. The largest absolute Gasteiger partial charge is 0.306 e. The van der Waals surface area contributed by atoms with Gasteiger partial charge in [0.1, 0.15) is 5.03 Å². The minimum absolute atomic E-state index is 0.254. The molecule has 1 saturated heterocycles. The Morgan fingerprint density at radius 1 is 1.03 bits per heavy atom. The molecule has 0 aliphatic carbocycles. The number of nitrogens with zero attached hydrogens (tertiary/aromatic N) is 9. The van der Waals surface area contributed by atoms with Crippen LogP contribution < -0.4 is 0 Å². The van der Waals surface area contributed by atoms with Crippen LogP contribution >= 0.6 is 46.7 Å². The smallest absolute Gasteiger partial charge is 0.216 e. The third-order valence-corrected chi connectivity index (χ3v) is 7.67. The number of tetrazole rings is 1. The minimum Gasteiger partial charge on any atom is -0.306 e. The second-order valence-electron chi connectivity index (χ2n) is 7.43. The fourth-order valence-electron chi connectivity index (χ4n) is 3.66. The first-order valence-electron chi connectivity index (χ1n) is 9.92. The van der Waals surface area contributed by atoms with Crippen LogP contribution in [0, 0.1) is 0 Å². The van der Waals surface area contributed by atoms with Gasteiger partial charge in [-0.15, -0.1) is 5.10 Å². The maximum atomic E-state index is 6.24. The summed E-state index contributed by atoms with van der Waals surface area (Å²) in [5.74, 6) is 0.640. The standard InChI is InChI=1S/C19H19Cl2N9S2/c1-28-6-3-11(4-7-28)30-19(25-26-27-30)32-17-16(29-8-5-22-18(29)31-2)23-14-9-12(20)13(21)10-15(14)24-17/h5,8-11H,3-4,6-7H2,1-2H3. The van der Waals surface area contributed by atoms with Crippen molar-refractivity contribution >= 4 is 57.8 Å². The van der Waals surface area contributed by atoms with Crippen molar-refractivity contribution in [1.29, 1.82) is 0 Å². The van der Waals surface area contributed by atoms with Gasteiger partial charge in [0.15, 0.2) is 11.0 Å². The molecule has 0 bridgehead atoms. The highest BCUT2D eigenvalue weighted by Crippen LogP contribution is 2.35. The summed E-state index contributed by atoms with van der Waals surface area (Å²) >= 11 is 15.4. The van der Waals surface area contributed by atoms with Gasteiger partial charge in [-0.05, 0) is 73.6 Å². The summed E-state index contributed by atoms with van der Waals surface area (Å²) in [7, 11) is 2.13. The van der Waals surface area contributed by atoms with Crippen LogP contribution in [0.5, 0.6) is 0 Å². The third kappa shape index (κ3) is 4.19. The van der Waals surface area contributed by atoms with E-state index in [4.69, 9.17) is 33.2 Å². The predicted molar refractivity (Wildman–Crippen MR) is 126 cm³/mol. The van der Waals surface area contributed by atoms with Crippen LogP contribution in [0.4, 0.5) is 0 Å². The number of likely N-dealkylation sites (tertiary alicyclic amines) is 1. The zero-order valence-electron chi connectivity index (χ0n) is 17.3. The van der Waals surface area contributed by atoms with Gasteiger partial charge in [-0.3, -0.25) is 4.57 Å². The second kappa shape index (κ2) is 9.14. The van der Waals surface area contributed by atoms with Crippen molar-refractivity contribution in [2.45, 2.75) is 34.2 Å². The topological polar surface area (TPSA) is 90.4 Å². The molecule has 3 aromatic heterocycles. The normalized spacial score (nSPS) is 15.6. The van der Waals surface area contributed by atoms with E-state index in [9.17, 15) is 0 Å². The monoisotopic (exact) mass is 507 g/mol. The van der Waals surface area contributed by atoms with Gasteiger partial charge in [0.25, 0.3) is 0 Å². The van der Waals surface area contributed by atoms with E-state index in [0.29, 0.717) is 37.1 Å². The van der Waals surface area contributed by atoms with Gasteiger partial charge in [-0.1, -0.05) is 35.0 Å². The highest BCUT2D eigenvalue weighted by molar-refractivity contribution is 7.99. The molecule has 32 heavy (non-hydrogen) atoms. The highest BCUT2D eigenvalue weighted by atomic mass is 35.5. The number of hydrogen-bond donors (Lipinski definition) is 0. The molecule has 5 rings (SSSR count). The highest BCUT2D eigenvalue weighted by Gasteiger charge is 2.25. The van der Waals surface area contributed by atoms with Gasteiger partial charge in [-0.2, -0.15) is 0 Å². The number of piperidine rings is 1. The Kier molecular flexibility index (Phi) is 6.26. The molecule has 0 radical (unpaired) electrons. The van der Waals surface area contributed by atoms with E-state index < -0.39 is 0 Å². The van der Waals surface area contributed by atoms with Crippen molar-refractivity contribution < 1.29 is 0 Å². The average molecular weight is 508 g/mol. The number of aromatic nitrogens is 8. The van der Waals surface area contributed by atoms with Crippen molar-refractivity contribution in [3.05, 3.63) is 34.6 Å². The molecule has 13 heteroatoms. The summed E-state index contributed by atoms with van der Waals surface area (Å²) < 4.78 is 3.82. The van der Waals surface area contributed by atoms with Crippen LogP contribution in [-0.2, 0) is 0 Å². The second-order valence-corrected chi connectivity index (χ2v) is 9.98. The summed E-state index contributed by atoms with van der Waals surface area (Å²) in [5, 5.41) is 15.5. The molecule has 4 aromatic rings. The average Bonchev–Trinajstić information content (AvgIpc) is 3.44. The van der Waals surface area contributed by atoms with Crippen LogP contribution in [-0.4, -0.2) is 71.0 Å². The fourth-order valence-corrected chi connectivity index (χ4v) is 5.40. The number of rotatable bonds is 5. The van der Waals surface area contributed by atoms with Crippen molar-refractivity contribution in [2.24, 2.45) is 0 Å². The fraction of sp³-hybridized carbons (Fsp3) is 0.368. The molecule has 4 heterocycles. The molecule has 1 aromatic carbocycles. The molecular weight excluding hydrogens is 489 g/mol. The van der Waals surface area contributed by atoms with Crippen molar-refractivity contribution in [3.63, 3.8) is 0 Å². The molecule has 1 fully saturated rings. The summed E-state index contributed by atoms with van der Waals surface area (Å²) in [5.41, 5.74) is 1.30. The number of hydrogen-bond acceptors (Lipinski definition) is 9. The summed E-state index contributed by atoms with van der Waals surface area (Å²) in [4.78, 5) is 16.5. The van der Waals surface area contributed by atoms with E-state index in [0.717, 1.165) is 31.1 Å². The molecule has 9 nitrogen and oxygen atoms in total. The Bertz CT molecular complexity index is 1270. The minimum atomic E-state index is 0.254. The van der Waals surface area contributed by atoms with E-state index in [2.05, 4.69) is 32.5 Å². The number of halogens is 2. The lowest BCUT2D eigenvalue weighted by molar-refractivity contribution is 0.203. The Balaban J connectivity index is 1.60. The van der Waals surface area contributed by atoms with Gasteiger partial charge in [0, 0.05) is 12.4 Å². The first kappa shape index (κ1) is 21.9. The number of imidazole rings is 1. The van der Waals surface area contributed by atoms with Crippen LogP contribution in [0.15, 0.2) is 39.9 Å². The lowest BCUT2D eigenvalue weighted by Crippen LogP contribution is -2.32. The lowest BCUT2D eigenvalue weighted by atomic mass is 10.1. The molecule has 0 saturated carbocycles. The van der Waals surface area contributed by atoms with Crippen molar-refractivity contribution in [2.75, 3.05) is 26.4 Å². The van der Waals surface area contributed by atoms with Gasteiger partial charge < -0.3 is 4.90 Å². The molecule has 0 N–H and O–H groups in total. The lowest BCUT2D eigenvalue weighted by Gasteiger charge is -2.28. The zero-order valence-corrected chi connectivity index (χ0v) is 20.5. The molecule has 0 amide bonds. The van der Waals surface area contributed by atoms with Gasteiger partial charge in [-0.25, -0.2) is 19.6 Å². The van der Waals surface area contributed by atoms with Gasteiger partial charge >= 0.3 is 0 Å². The Labute approximate surface area is 202 Å². The maximum Gasteiger partial charge on any atom is 0.216 e. The molecule has 1 aliphatic heterocycles. The molecule has 0 spiro atoms. The first-order chi connectivity index (χ1) is 15.5. The molecule has 1 aliphatic rings. The predicted octanol–water partition coefficient (Wildman–Crippen LogP) is 4.25. The number of benzene rings is 1. The third-order valence-electron chi connectivity index (χ3n) is 5.36. The SMILES string of the molecule is CSc1nccn1-c1nc2cc(Cl)c(Cl)cc2nc1Sc1nnnn1C1CCN(C)CC1. The van der Waals surface area contributed by atoms with E-state index >= 15 is 0 Å². The van der Waals surface area contributed by atoms with Crippen LogP contribution in [0.1, 0.15) is 18.9 Å². The van der Waals surface area contributed by atoms with Gasteiger partial charge in [0.2, 0.25) is 5.16 Å². The summed E-state index contributed by atoms with van der Waals surface area (Å²) in [6, 6.07) is 3.70. The van der Waals surface area contributed by atoms with E-state index in [1.54, 1.807) is 18.3 Å². The van der Waals surface area contributed by atoms with E-state index in [1.807, 2.05) is 21.7 Å². The Morgan fingerprint density at radius 2 is 1.75 bits per heavy atom. The quantitative estimate of drug-likeness (QED) is 0.367. The summed E-state index contributed by atoms with van der Waals surface area (Å²) in [6.07, 6.45) is 7.57. The number of thioether (sulfide) groups is 1. The van der Waals surface area contributed by atoms with Crippen LogP contribution in [0.25, 0.3) is 16.9 Å². The Hall–Kier alpha value is -1.92. The van der Waals surface area contributed by atoms with Gasteiger partial charge in [0.05, 0.1) is 27.1 Å². The van der Waals surface area contributed by atoms with E-state index in [-0.39, 0.29) is 6.04 Å². The molecule has 0 atom stereocenters. The maximum absolute atomic E-state index is 6.24.